The zero-order valence-electron chi connectivity index (χ0n) is 11.5. The maximum Gasteiger partial charge on any atom is 0.255 e. The molecule has 0 radical (unpaired) electrons. The summed E-state index contributed by atoms with van der Waals surface area (Å²) in [5.74, 6) is -0.185. The van der Waals surface area contributed by atoms with E-state index < -0.39 is 31.3 Å². The van der Waals surface area contributed by atoms with E-state index in [1.165, 1.54) is 17.0 Å². The molecule has 0 bridgehead atoms. The van der Waals surface area contributed by atoms with Crippen molar-refractivity contribution in [2.75, 3.05) is 19.8 Å². The van der Waals surface area contributed by atoms with Crippen LogP contribution in [-0.4, -0.2) is 66.2 Å². The van der Waals surface area contributed by atoms with Gasteiger partial charge in [-0.3, -0.25) is 4.79 Å². The Morgan fingerprint density at radius 3 is 2.52 bits per heavy atom. The number of carbonyl (C=O) groups excluding carboxylic acids is 1. The molecule has 1 amide bonds. The minimum Gasteiger partial charge on any atom is -0.394 e. The van der Waals surface area contributed by atoms with E-state index in [1.54, 1.807) is 0 Å². The minimum absolute atomic E-state index is 0.246. The molecule has 4 N–H and O–H groups in total. The molecular formula is C12H17N5O4. The molecule has 0 fully saturated rings. The number of hydrogen-bond donors (Lipinski definition) is 4. The number of aryl methyl sites for hydroxylation is 1. The lowest BCUT2D eigenvalue weighted by molar-refractivity contribution is 0.0374. The van der Waals surface area contributed by atoms with Crippen LogP contribution in [0.2, 0.25) is 0 Å². The molecule has 114 valence electrons. The molecule has 2 heterocycles. The summed E-state index contributed by atoms with van der Waals surface area (Å²) in [6.45, 7) is 0.0786. The molecule has 0 saturated heterocycles. The highest BCUT2D eigenvalue weighted by molar-refractivity contribution is 5.95. The lowest BCUT2D eigenvalue weighted by atomic mass is 10.0. The lowest BCUT2D eigenvalue weighted by Crippen LogP contribution is -2.57. The molecule has 9 nitrogen and oxygen atoms in total. The zero-order valence-corrected chi connectivity index (χ0v) is 11.5. The highest BCUT2D eigenvalue weighted by Crippen LogP contribution is 2.12. The number of aromatic nitrogens is 4. The SMILES string of the molecule is CCc1c(C(=O)NC(CO)(CO)CO)cnc2ncnn12. The van der Waals surface area contributed by atoms with Gasteiger partial charge < -0.3 is 20.6 Å². The molecule has 0 aliphatic heterocycles. The van der Waals surface area contributed by atoms with E-state index in [2.05, 4.69) is 20.4 Å². The predicted octanol–water partition coefficient (Wildman–Crippen LogP) is -1.87. The smallest absolute Gasteiger partial charge is 0.255 e. The average Bonchev–Trinajstić information content (AvgIpc) is 3.00. The Hall–Kier alpha value is -2.10. The maximum atomic E-state index is 12.3. The molecule has 0 aromatic carbocycles. The number of aliphatic hydroxyl groups is 3. The van der Waals surface area contributed by atoms with Crippen molar-refractivity contribution in [3.8, 4) is 0 Å². The second-order valence-electron chi connectivity index (χ2n) is 4.65. The van der Waals surface area contributed by atoms with Crippen LogP contribution in [0.3, 0.4) is 0 Å². The summed E-state index contributed by atoms with van der Waals surface area (Å²) < 4.78 is 1.45. The first-order valence-corrected chi connectivity index (χ1v) is 6.43. The van der Waals surface area contributed by atoms with Gasteiger partial charge in [0.1, 0.15) is 11.9 Å². The van der Waals surface area contributed by atoms with Crippen LogP contribution < -0.4 is 5.32 Å². The monoisotopic (exact) mass is 295 g/mol. The zero-order chi connectivity index (χ0) is 15.5. The molecule has 0 aliphatic carbocycles. The fraction of sp³-hybridized carbons (Fsp3) is 0.500. The van der Waals surface area contributed by atoms with Gasteiger partial charge in [0.2, 0.25) is 0 Å². The van der Waals surface area contributed by atoms with Crippen molar-refractivity contribution in [2.45, 2.75) is 18.9 Å². The Morgan fingerprint density at radius 1 is 1.29 bits per heavy atom. The molecule has 2 aromatic rings. The fourth-order valence-corrected chi connectivity index (χ4v) is 1.93. The Morgan fingerprint density at radius 2 is 1.95 bits per heavy atom. The first kappa shape index (κ1) is 15.3. The number of carbonyl (C=O) groups is 1. The van der Waals surface area contributed by atoms with E-state index in [0.29, 0.717) is 17.9 Å². The Bertz CT molecular complexity index is 629. The quantitative estimate of drug-likeness (QED) is 0.491. The highest BCUT2D eigenvalue weighted by atomic mass is 16.3. The first-order valence-electron chi connectivity index (χ1n) is 6.43. The van der Waals surface area contributed by atoms with Crippen molar-refractivity contribution in [3.63, 3.8) is 0 Å². The van der Waals surface area contributed by atoms with Crippen LogP contribution in [0.1, 0.15) is 23.0 Å². The summed E-state index contributed by atoms with van der Waals surface area (Å²) in [6, 6.07) is 0. The van der Waals surface area contributed by atoms with Crippen LogP contribution >= 0.6 is 0 Å². The molecule has 0 atom stereocenters. The first-order chi connectivity index (χ1) is 10.1. The highest BCUT2D eigenvalue weighted by Gasteiger charge is 2.31. The van der Waals surface area contributed by atoms with Crippen molar-refractivity contribution in [1.82, 2.24) is 24.9 Å². The van der Waals surface area contributed by atoms with Gasteiger partial charge in [0.15, 0.2) is 0 Å². The topological polar surface area (TPSA) is 133 Å². The van der Waals surface area contributed by atoms with Crippen molar-refractivity contribution < 1.29 is 20.1 Å². The molecule has 2 rings (SSSR count). The summed E-state index contributed by atoms with van der Waals surface area (Å²) in [4.78, 5) is 20.3. The van der Waals surface area contributed by atoms with Gasteiger partial charge in [0.25, 0.3) is 11.7 Å². The van der Waals surface area contributed by atoms with Gasteiger partial charge in [-0.25, -0.2) is 9.50 Å². The molecule has 2 aromatic heterocycles. The van der Waals surface area contributed by atoms with E-state index in [9.17, 15) is 20.1 Å². The van der Waals surface area contributed by atoms with Gasteiger partial charge in [-0.05, 0) is 6.42 Å². The van der Waals surface area contributed by atoms with Crippen LogP contribution in [0.5, 0.6) is 0 Å². The molecule has 0 saturated carbocycles. The summed E-state index contributed by atoms with van der Waals surface area (Å²) in [5, 5.41) is 34.2. The molecule has 21 heavy (non-hydrogen) atoms. The molecular weight excluding hydrogens is 278 g/mol. The van der Waals surface area contributed by atoms with Crippen molar-refractivity contribution in [1.29, 1.82) is 0 Å². The van der Waals surface area contributed by atoms with E-state index in [4.69, 9.17) is 0 Å². The standard InChI is InChI=1S/C12H17N5O4/c1-2-9-8(3-13-11-14-7-15-17(9)11)10(21)16-12(4-18,5-19)6-20/h3,7,18-20H,2,4-6H2,1H3,(H,16,21). The number of rotatable bonds is 6. The Balaban J connectivity index is 2.39. The van der Waals surface area contributed by atoms with Gasteiger partial charge in [-0.1, -0.05) is 6.92 Å². The average molecular weight is 295 g/mol. The number of amides is 1. The van der Waals surface area contributed by atoms with Crippen LogP contribution in [0, 0.1) is 0 Å². The number of hydrogen-bond acceptors (Lipinski definition) is 7. The van der Waals surface area contributed by atoms with Gasteiger partial charge >= 0.3 is 0 Å². The van der Waals surface area contributed by atoms with Crippen LogP contribution in [0.4, 0.5) is 0 Å². The molecule has 9 heteroatoms. The summed E-state index contributed by atoms with van der Waals surface area (Å²) in [5.41, 5.74) is -0.646. The van der Waals surface area contributed by atoms with Crippen LogP contribution in [0.25, 0.3) is 5.78 Å². The normalized spacial score (nSPS) is 11.8. The number of fused-ring (bicyclic) bond motifs is 1. The van der Waals surface area contributed by atoms with Crippen LogP contribution in [0.15, 0.2) is 12.5 Å². The third kappa shape index (κ3) is 2.71. The second-order valence-corrected chi connectivity index (χ2v) is 4.65. The predicted molar refractivity (Wildman–Crippen MR) is 71.6 cm³/mol. The number of nitrogens with one attached hydrogen (secondary N) is 1. The Labute approximate surface area is 120 Å². The summed E-state index contributed by atoms with van der Waals surface area (Å²) in [7, 11) is 0. The molecule has 0 spiro atoms. The Kier molecular flexibility index (Phi) is 4.46. The molecule has 0 aliphatic rings. The number of nitrogens with zero attached hydrogens (tertiary/aromatic N) is 4. The van der Waals surface area contributed by atoms with Gasteiger partial charge in [-0.2, -0.15) is 10.1 Å². The summed E-state index contributed by atoms with van der Waals surface area (Å²) >= 11 is 0. The van der Waals surface area contributed by atoms with E-state index >= 15 is 0 Å². The fourth-order valence-electron chi connectivity index (χ4n) is 1.93. The van der Waals surface area contributed by atoms with E-state index in [1.807, 2.05) is 6.92 Å². The van der Waals surface area contributed by atoms with Crippen molar-refractivity contribution >= 4 is 11.7 Å². The van der Waals surface area contributed by atoms with Crippen molar-refractivity contribution in [2.24, 2.45) is 0 Å². The van der Waals surface area contributed by atoms with Gasteiger partial charge in [0.05, 0.1) is 31.1 Å². The van der Waals surface area contributed by atoms with Gasteiger partial charge in [0, 0.05) is 6.20 Å². The third-order valence-electron chi connectivity index (χ3n) is 3.27. The van der Waals surface area contributed by atoms with E-state index in [0.717, 1.165) is 0 Å². The lowest BCUT2D eigenvalue weighted by Gasteiger charge is -2.28. The largest absolute Gasteiger partial charge is 0.394 e. The third-order valence-corrected chi connectivity index (χ3v) is 3.27. The summed E-state index contributed by atoms with van der Waals surface area (Å²) in [6.07, 6.45) is 3.20. The van der Waals surface area contributed by atoms with Crippen LogP contribution in [-0.2, 0) is 6.42 Å². The maximum absolute atomic E-state index is 12.3. The second kappa shape index (κ2) is 6.12. The number of aliphatic hydroxyl groups excluding tert-OH is 3. The van der Waals surface area contributed by atoms with E-state index in [-0.39, 0.29) is 5.56 Å². The minimum atomic E-state index is -1.49. The van der Waals surface area contributed by atoms with Gasteiger partial charge in [-0.15, -0.1) is 0 Å². The van der Waals surface area contributed by atoms with Crippen molar-refractivity contribution in [3.05, 3.63) is 23.8 Å². The molecule has 0 unspecified atom stereocenters.